The van der Waals surface area contributed by atoms with E-state index in [-0.39, 0.29) is 16.5 Å². The third kappa shape index (κ3) is 2.32. The first kappa shape index (κ1) is 10.1. The van der Waals surface area contributed by atoms with Crippen LogP contribution in [0.3, 0.4) is 0 Å². The molecule has 1 fully saturated rings. The Morgan fingerprint density at radius 3 is 2.40 bits per heavy atom. The van der Waals surface area contributed by atoms with E-state index >= 15 is 0 Å². The number of amides is 2. The van der Waals surface area contributed by atoms with Gasteiger partial charge in [0.1, 0.15) is 0 Å². The van der Waals surface area contributed by atoms with Gasteiger partial charge in [0, 0.05) is 0 Å². The number of hydrogen-bond donors (Lipinski definition) is 1. The predicted octanol–water partition coefficient (Wildman–Crippen LogP) is 1.12. The molecule has 2 rings (SSSR count). The van der Waals surface area contributed by atoms with Gasteiger partial charge >= 0.3 is 91.2 Å². The van der Waals surface area contributed by atoms with E-state index < -0.39 is 15.0 Å². The molecule has 2 amide bonds. The minimum absolute atomic E-state index is 0.235. The van der Waals surface area contributed by atoms with E-state index in [4.69, 9.17) is 0 Å². The summed E-state index contributed by atoms with van der Waals surface area (Å²) in [5.74, 6) is -0.668. The molecule has 0 spiro atoms. The summed E-state index contributed by atoms with van der Waals surface area (Å²) in [7, 11) is 0. The van der Waals surface area contributed by atoms with Gasteiger partial charge < -0.3 is 0 Å². The van der Waals surface area contributed by atoms with E-state index in [9.17, 15) is 14.0 Å². The Balaban J connectivity index is 2.27. The second-order valence-electron chi connectivity index (χ2n) is 2.90. The molecule has 1 aliphatic heterocycles. The Hall–Kier alpha value is -1.45. The van der Waals surface area contributed by atoms with Crippen LogP contribution in [0.2, 0.25) is 0 Å². The number of nitrogens with one attached hydrogen (secondary N) is 1. The van der Waals surface area contributed by atoms with Crippen molar-refractivity contribution < 1.29 is 14.0 Å². The van der Waals surface area contributed by atoms with Crippen molar-refractivity contribution in [3.63, 3.8) is 0 Å². The molecule has 1 aromatic rings. The molecule has 3 nitrogen and oxygen atoms in total. The Labute approximate surface area is 91.5 Å². The molecule has 15 heavy (non-hydrogen) atoms. The predicted molar refractivity (Wildman–Crippen MR) is 53.7 cm³/mol. The number of carbonyl (C=O) groups is 2. The quantitative estimate of drug-likeness (QED) is 0.614. The molecule has 0 bridgehead atoms. The van der Waals surface area contributed by atoms with E-state index in [0.29, 0.717) is 4.47 Å². The molecule has 0 aromatic heterocycles. The van der Waals surface area contributed by atoms with Crippen LogP contribution in [0.15, 0.2) is 28.7 Å². The Kier molecular flexibility index (Phi) is 2.66. The van der Waals surface area contributed by atoms with Crippen LogP contribution < -0.4 is 5.32 Å². The maximum absolute atomic E-state index is 12.6. The summed E-state index contributed by atoms with van der Waals surface area (Å²) in [6.07, 6.45) is 1.61. The van der Waals surface area contributed by atoms with Crippen molar-refractivity contribution >= 4 is 31.7 Å². The fraction of sp³-hybridized carbons (Fsp3) is 0. The van der Waals surface area contributed by atoms with E-state index in [1.165, 1.54) is 12.1 Å². The average molecular weight is 270 g/mol. The molecule has 0 aliphatic carbocycles. The molecule has 0 atom stereocenters. The summed E-state index contributed by atoms with van der Waals surface area (Å²) in [5.41, 5.74) is 0.720. The van der Waals surface area contributed by atoms with Crippen molar-refractivity contribution in [2.24, 2.45) is 0 Å². The van der Waals surface area contributed by atoms with E-state index in [1.807, 2.05) is 0 Å². The molecule has 1 saturated heterocycles. The Morgan fingerprint density at radius 1 is 1.20 bits per heavy atom. The van der Waals surface area contributed by atoms with Crippen LogP contribution in [-0.4, -0.2) is 25.7 Å². The Bertz CT molecular complexity index is 453. The van der Waals surface area contributed by atoms with Gasteiger partial charge in [-0.05, 0) is 0 Å². The number of imide groups is 1. The number of halogens is 1. The van der Waals surface area contributed by atoms with Crippen molar-refractivity contribution in [3.8, 4) is 0 Å². The third-order valence-electron chi connectivity index (χ3n) is 1.81. The van der Waals surface area contributed by atoms with Crippen molar-refractivity contribution in [1.82, 2.24) is 5.32 Å². The van der Waals surface area contributed by atoms with Gasteiger partial charge in [-0.2, -0.15) is 0 Å². The van der Waals surface area contributed by atoms with Crippen molar-refractivity contribution in [2.75, 3.05) is 0 Å². The number of hydrogen-bond acceptors (Lipinski definition) is 2. The summed E-state index contributed by atoms with van der Waals surface area (Å²) in [5, 5.41) is 2.21. The van der Waals surface area contributed by atoms with Gasteiger partial charge in [-0.3, -0.25) is 0 Å². The molecule has 1 aliphatic rings. The maximum atomic E-state index is 12.6. The van der Waals surface area contributed by atoms with Crippen LogP contribution in [0.25, 0.3) is 6.08 Å². The SMILES string of the molecule is O=C1NC(=O)/C(=C\c2ccc(F)cc2)[Se]1. The molecular formula is C10H6FNO2Se. The van der Waals surface area contributed by atoms with Crippen LogP contribution in [0, 0.1) is 5.82 Å². The van der Waals surface area contributed by atoms with Gasteiger partial charge in [0.15, 0.2) is 0 Å². The zero-order chi connectivity index (χ0) is 10.8. The van der Waals surface area contributed by atoms with E-state index in [0.717, 1.165) is 5.56 Å². The summed E-state index contributed by atoms with van der Waals surface area (Å²) in [6, 6.07) is 5.76. The molecule has 1 heterocycles. The summed E-state index contributed by atoms with van der Waals surface area (Å²) in [4.78, 5) is 21.9. The van der Waals surface area contributed by atoms with Crippen molar-refractivity contribution in [2.45, 2.75) is 0 Å². The molecule has 0 radical (unpaired) electrons. The number of carbonyl (C=O) groups excluding carboxylic acids is 2. The normalized spacial score (nSPS) is 18.3. The Morgan fingerprint density at radius 2 is 1.87 bits per heavy atom. The fourth-order valence-corrected chi connectivity index (χ4v) is 2.56. The van der Waals surface area contributed by atoms with E-state index in [2.05, 4.69) is 5.32 Å². The average Bonchev–Trinajstić information content (AvgIpc) is 2.49. The molecule has 5 heteroatoms. The zero-order valence-electron chi connectivity index (χ0n) is 7.49. The minimum atomic E-state index is -0.467. The molecule has 0 saturated carbocycles. The fourth-order valence-electron chi connectivity index (χ4n) is 1.13. The molecule has 1 aromatic carbocycles. The monoisotopic (exact) mass is 271 g/mol. The van der Waals surface area contributed by atoms with Gasteiger partial charge in [0.2, 0.25) is 0 Å². The van der Waals surface area contributed by atoms with Gasteiger partial charge in [-0.1, -0.05) is 0 Å². The van der Waals surface area contributed by atoms with Gasteiger partial charge in [0.25, 0.3) is 0 Å². The van der Waals surface area contributed by atoms with Gasteiger partial charge in [-0.25, -0.2) is 0 Å². The molecule has 1 N–H and O–H groups in total. The number of rotatable bonds is 1. The molecular weight excluding hydrogens is 264 g/mol. The third-order valence-corrected chi connectivity index (χ3v) is 3.51. The van der Waals surface area contributed by atoms with Crippen LogP contribution >= 0.6 is 0 Å². The second kappa shape index (κ2) is 3.96. The van der Waals surface area contributed by atoms with Crippen LogP contribution in [-0.2, 0) is 4.79 Å². The zero-order valence-corrected chi connectivity index (χ0v) is 9.20. The first-order chi connectivity index (χ1) is 7.15. The first-order valence-corrected chi connectivity index (χ1v) is 5.87. The molecule has 76 valence electrons. The first-order valence-electron chi connectivity index (χ1n) is 4.15. The second-order valence-corrected chi connectivity index (χ2v) is 5.03. The number of benzene rings is 1. The van der Waals surface area contributed by atoms with Crippen LogP contribution in [0.1, 0.15) is 5.56 Å². The van der Waals surface area contributed by atoms with Gasteiger partial charge in [-0.15, -0.1) is 0 Å². The van der Waals surface area contributed by atoms with Crippen LogP contribution in [0.5, 0.6) is 0 Å². The summed E-state index contributed by atoms with van der Waals surface area (Å²) in [6.45, 7) is 0. The topological polar surface area (TPSA) is 46.2 Å². The van der Waals surface area contributed by atoms with Crippen LogP contribution in [0.4, 0.5) is 9.18 Å². The van der Waals surface area contributed by atoms with Crippen molar-refractivity contribution in [1.29, 1.82) is 0 Å². The standard InChI is InChI=1S/C10H6FNO2Se/c11-7-3-1-6(2-4-7)5-8-9(13)12-10(14)15-8/h1-5H,(H,12,13,14)/b8-5+. The van der Waals surface area contributed by atoms with E-state index in [1.54, 1.807) is 18.2 Å². The van der Waals surface area contributed by atoms with Gasteiger partial charge in [0.05, 0.1) is 0 Å². The van der Waals surface area contributed by atoms with Crippen molar-refractivity contribution in [3.05, 3.63) is 40.1 Å². The molecule has 0 unspecified atom stereocenters. The summed E-state index contributed by atoms with van der Waals surface area (Å²) >= 11 is -0.467. The summed E-state index contributed by atoms with van der Waals surface area (Å²) < 4.78 is 13.1.